The minimum absolute atomic E-state index is 0.592. The van der Waals surface area contributed by atoms with E-state index in [0.29, 0.717) is 5.41 Å². The molecular formula is C31H57B. The van der Waals surface area contributed by atoms with Gasteiger partial charge in [-0.05, 0) is 67.6 Å². The van der Waals surface area contributed by atoms with Gasteiger partial charge in [0.05, 0.1) is 7.85 Å². The van der Waals surface area contributed by atoms with Crippen LogP contribution in [0.15, 0.2) is 0 Å². The summed E-state index contributed by atoms with van der Waals surface area (Å²) < 4.78 is 0. The van der Waals surface area contributed by atoms with Crippen LogP contribution < -0.4 is 0 Å². The van der Waals surface area contributed by atoms with E-state index in [-0.39, 0.29) is 0 Å². The zero-order valence-corrected chi connectivity index (χ0v) is 22.1. The van der Waals surface area contributed by atoms with Crippen LogP contribution in [0.3, 0.4) is 0 Å². The van der Waals surface area contributed by atoms with Gasteiger partial charge in [-0.3, -0.25) is 0 Å². The SMILES string of the molecule is [B]CC1CCCCCCCC(C2(C)CCC3CCCCCCCCCCCCCC2C3)C1. The lowest BCUT2D eigenvalue weighted by molar-refractivity contribution is -0.00503. The fourth-order valence-corrected chi connectivity index (χ4v) is 7.98. The van der Waals surface area contributed by atoms with Crippen molar-refractivity contribution >= 4 is 7.85 Å². The molecule has 0 spiro atoms. The van der Waals surface area contributed by atoms with Crippen molar-refractivity contribution < 1.29 is 0 Å². The van der Waals surface area contributed by atoms with Gasteiger partial charge >= 0.3 is 0 Å². The highest BCUT2D eigenvalue weighted by Crippen LogP contribution is 2.54. The normalized spacial score (nSPS) is 38.0. The number of hydrogen-bond acceptors (Lipinski definition) is 0. The Bertz CT molecular complexity index is 473. The van der Waals surface area contributed by atoms with E-state index in [4.69, 9.17) is 7.85 Å². The van der Waals surface area contributed by atoms with E-state index >= 15 is 0 Å². The monoisotopic (exact) mass is 440 g/mol. The van der Waals surface area contributed by atoms with Crippen LogP contribution >= 0.6 is 0 Å². The van der Waals surface area contributed by atoms with E-state index in [0.717, 1.165) is 30.0 Å². The van der Waals surface area contributed by atoms with Gasteiger partial charge in [-0.15, -0.1) is 0 Å². The van der Waals surface area contributed by atoms with Gasteiger partial charge in [0.1, 0.15) is 0 Å². The molecule has 0 saturated heterocycles. The summed E-state index contributed by atoms with van der Waals surface area (Å²) in [5.41, 5.74) is 0.592. The maximum Gasteiger partial charge on any atom is 0.0656 e. The summed E-state index contributed by atoms with van der Waals surface area (Å²) in [4.78, 5) is 0. The van der Waals surface area contributed by atoms with Crippen molar-refractivity contribution in [3.8, 4) is 0 Å². The first-order chi connectivity index (χ1) is 15.7. The van der Waals surface area contributed by atoms with Crippen molar-refractivity contribution in [1.29, 1.82) is 0 Å². The van der Waals surface area contributed by atoms with Crippen LogP contribution in [0.1, 0.15) is 161 Å². The topological polar surface area (TPSA) is 0 Å². The molecule has 2 radical (unpaired) electrons. The van der Waals surface area contributed by atoms with E-state index in [1.165, 1.54) is 148 Å². The highest BCUT2D eigenvalue weighted by molar-refractivity contribution is 6.08. The lowest BCUT2D eigenvalue weighted by atomic mass is 9.54. The Balaban J connectivity index is 1.67. The smallest absolute Gasteiger partial charge is 0.0656 e. The molecule has 0 aromatic carbocycles. The highest BCUT2D eigenvalue weighted by Gasteiger charge is 2.44. The van der Waals surface area contributed by atoms with Gasteiger partial charge in [-0.25, -0.2) is 0 Å². The van der Waals surface area contributed by atoms with Crippen LogP contribution in [-0.4, -0.2) is 7.85 Å². The van der Waals surface area contributed by atoms with Crippen LogP contribution in [0.4, 0.5) is 0 Å². The molecule has 0 heterocycles. The van der Waals surface area contributed by atoms with E-state index < -0.39 is 0 Å². The molecule has 0 aromatic rings. The molecule has 0 amide bonds. The summed E-state index contributed by atoms with van der Waals surface area (Å²) in [5, 5.41) is 0. The van der Waals surface area contributed by atoms with Gasteiger partial charge in [0, 0.05) is 0 Å². The molecule has 0 aliphatic heterocycles. The van der Waals surface area contributed by atoms with E-state index in [9.17, 15) is 0 Å². The average molecular weight is 441 g/mol. The van der Waals surface area contributed by atoms with Crippen molar-refractivity contribution in [3.05, 3.63) is 0 Å². The molecule has 1 heteroatoms. The fraction of sp³-hybridized carbons (Fsp3) is 1.00. The summed E-state index contributed by atoms with van der Waals surface area (Å²) >= 11 is 0. The Morgan fingerprint density at radius 2 is 0.969 bits per heavy atom. The van der Waals surface area contributed by atoms with Crippen molar-refractivity contribution in [3.63, 3.8) is 0 Å². The van der Waals surface area contributed by atoms with Crippen LogP contribution in [0.2, 0.25) is 6.32 Å². The Morgan fingerprint density at radius 3 is 1.50 bits per heavy atom. The maximum atomic E-state index is 6.32. The molecular weight excluding hydrogens is 383 g/mol. The molecule has 5 atom stereocenters. The van der Waals surface area contributed by atoms with E-state index in [1.54, 1.807) is 6.42 Å². The van der Waals surface area contributed by atoms with Crippen molar-refractivity contribution in [1.82, 2.24) is 0 Å². The van der Waals surface area contributed by atoms with Gasteiger partial charge in [-0.2, -0.15) is 0 Å². The second-order valence-electron chi connectivity index (χ2n) is 12.7. The first-order valence-corrected chi connectivity index (χ1v) is 15.4. The third-order valence-corrected chi connectivity index (χ3v) is 10.4. The van der Waals surface area contributed by atoms with Gasteiger partial charge < -0.3 is 0 Å². The molecule has 184 valence electrons. The highest BCUT2D eigenvalue weighted by atomic mass is 14.5. The number of hydrogen-bond donors (Lipinski definition) is 0. The van der Waals surface area contributed by atoms with Gasteiger partial charge in [0.25, 0.3) is 0 Å². The Kier molecular flexibility index (Phi) is 12.6. The molecule has 32 heavy (non-hydrogen) atoms. The molecule has 0 N–H and O–H groups in total. The minimum atomic E-state index is 0.592. The summed E-state index contributed by atoms with van der Waals surface area (Å²) in [6.07, 6.45) is 36.7. The Morgan fingerprint density at radius 1 is 0.531 bits per heavy atom. The lowest BCUT2D eigenvalue weighted by Crippen LogP contribution is -2.41. The van der Waals surface area contributed by atoms with E-state index in [1.807, 2.05) is 0 Å². The standard InChI is InChI=1S/C31H57B/c1-31(30-21-17-13-9-11-15-19-28(25-30)26-32)23-22-27-18-14-10-7-5-3-2-4-6-8-12-16-20-29(31)24-27/h27-30H,2-26H2,1H3. The van der Waals surface area contributed by atoms with Crippen LogP contribution in [0.5, 0.6) is 0 Å². The van der Waals surface area contributed by atoms with E-state index in [2.05, 4.69) is 6.92 Å². The molecule has 3 saturated carbocycles. The third-order valence-electron chi connectivity index (χ3n) is 10.4. The summed E-state index contributed by atoms with van der Waals surface area (Å²) in [6.45, 7) is 2.76. The number of fused-ring (bicyclic) bond motifs is 2. The lowest BCUT2D eigenvalue weighted by Gasteiger charge is -2.51. The van der Waals surface area contributed by atoms with Gasteiger partial charge in [0.15, 0.2) is 0 Å². The third kappa shape index (κ3) is 8.69. The minimum Gasteiger partial charge on any atom is -0.0859 e. The Labute approximate surface area is 204 Å². The second kappa shape index (κ2) is 15.1. The van der Waals surface area contributed by atoms with Crippen molar-refractivity contribution in [2.75, 3.05) is 0 Å². The molecule has 3 fully saturated rings. The second-order valence-corrected chi connectivity index (χ2v) is 12.7. The fourth-order valence-electron chi connectivity index (χ4n) is 7.98. The van der Waals surface area contributed by atoms with Crippen LogP contribution in [-0.2, 0) is 0 Å². The van der Waals surface area contributed by atoms with Crippen molar-refractivity contribution in [2.45, 2.75) is 167 Å². The zero-order chi connectivity index (χ0) is 22.5. The molecule has 5 unspecified atom stereocenters. The molecule has 3 aliphatic carbocycles. The first-order valence-electron chi connectivity index (χ1n) is 15.4. The van der Waals surface area contributed by atoms with Gasteiger partial charge in [0.2, 0.25) is 0 Å². The van der Waals surface area contributed by atoms with Crippen LogP contribution in [0, 0.1) is 29.1 Å². The van der Waals surface area contributed by atoms with Crippen molar-refractivity contribution in [2.24, 2.45) is 29.1 Å². The molecule has 3 aliphatic rings. The molecule has 2 bridgehead atoms. The summed E-state index contributed by atoms with van der Waals surface area (Å²) in [7, 11) is 6.32. The molecule has 0 aromatic heterocycles. The summed E-state index contributed by atoms with van der Waals surface area (Å²) in [6, 6.07) is 0. The average Bonchev–Trinajstić information content (AvgIpc) is 2.81. The number of rotatable bonds is 2. The Hall–Kier alpha value is 0.0649. The largest absolute Gasteiger partial charge is 0.0859 e. The quantitative estimate of drug-likeness (QED) is 0.375. The first kappa shape index (κ1) is 26.7. The van der Waals surface area contributed by atoms with Crippen LogP contribution in [0.25, 0.3) is 0 Å². The maximum absolute atomic E-state index is 6.32. The predicted molar refractivity (Wildman–Crippen MR) is 143 cm³/mol. The molecule has 0 nitrogen and oxygen atoms in total. The summed E-state index contributed by atoms with van der Waals surface area (Å²) in [5.74, 6) is 3.75. The molecule has 3 rings (SSSR count). The predicted octanol–water partition coefficient (Wildman–Crippen LogP) is 10.4. The zero-order valence-electron chi connectivity index (χ0n) is 22.1. The van der Waals surface area contributed by atoms with Gasteiger partial charge in [-0.1, -0.05) is 129 Å².